The third-order valence-corrected chi connectivity index (χ3v) is 3.12. The molecule has 1 aliphatic rings. The van der Waals surface area contributed by atoms with Gasteiger partial charge >= 0.3 is 0 Å². The molecule has 0 radical (unpaired) electrons. The van der Waals surface area contributed by atoms with Crippen molar-refractivity contribution in [1.29, 1.82) is 0 Å². The highest BCUT2D eigenvalue weighted by atomic mass is 19.1. The Morgan fingerprint density at radius 1 is 1.41 bits per heavy atom. The number of carbonyl (C=O) groups is 1. The fourth-order valence-corrected chi connectivity index (χ4v) is 1.99. The highest BCUT2D eigenvalue weighted by Gasteiger charge is 2.31. The van der Waals surface area contributed by atoms with E-state index in [1.807, 2.05) is 6.92 Å². The van der Waals surface area contributed by atoms with Crippen LogP contribution in [0.4, 0.5) is 8.78 Å². The first-order valence-corrected chi connectivity index (χ1v) is 5.49. The van der Waals surface area contributed by atoms with E-state index in [2.05, 4.69) is 0 Å². The quantitative estimate of drug-likeness (QED) is 0.806. The maximum atomic E-state index is 13.4. The Morgan fingerprint density at radius 2 is 2.12 bits per heavy atom. The number of nitrogens with zero attached hydrogens (tertiary/aromatic N) is 1. The van der Waals surface area contributed by atoms with E-state index < -0.39 is 17.5 Å². The Labute approximate surface area is 98.2 Å². The number of hydrogen-bond acceptors (Lipinski definition) is 2. The Hall–Kier alpha value is -1.49. The molecule has 0 bridgehead atoms. The van der Waals surface area contributed by atoms with Crippen molar-refractivity contribution < 1.29 is 13.6 Å². The van der Waals surface area contributed by atoms with Gasteiger partial charge in [0.15, 0.2) is 0 Å². The van der Waals surface area contributed by atoms with E-state index in [4.69, 9.17) is 5.73 Å². The third kappa shape index (κ3) is 2.29. The van der Waals surface area contributed by atoms with Gasteiger partial charge in [-0.2, -0.15) is 0 Å². The van der Waals surface area contributed by atoms with Gasteiger partial charge < -0.3 is 10.6 Å². The van der Waals surface area contributed by atoms with E-state index in [0.29, 0.717) is 19.2 Å². The van der Waals surface area contributed by atoms with Crippen molar-refractivity contribution in [3.8, 4) is 0 Å². The zero-order chi connectivity index (χ0) is 12.6. The highest BCUT2D eigenvalue weighted by molar-refractivity contribution is 5.94. The minimum atomic E-state index is -0.830. The fraction of sp³-hybridized carbons (Fsp3) is 0.417. The average molecular weight is 240 g/mol. The summed E-state index contributed by atoms with van der Waals surface area (Å²) in [6, 6.07) is 2.88. The number of amides is 1. The molecule has 0 aliphatic carbocycles. The standard InChI is InChI=1S/C12H14F2N2O/c1-7-5-16(6-11(7)15)12(17)9-3-2-8(13)4-10(9)14/h2-4,7,11H,5-6,15H2,1H3. The number of halogens is 2. The van der Waals surface area contributed by atoms with Crippen LogP contribution in [0.5, 0.6) is 0 Å². The van der Waals surface area contributed by atoms with Crippen LogP contribution < -0.4 is 5.73 Å². The molecule has 2 rings (SSSR count). The summed E-state index contributed by atoms with van der Waals surface area (Å²) in [5.74, 6) is -1.75. The van der Waals surface area contributed by atoms with Gasteiger partial charge in [0, 0.05) is 25.2 Å². The van der Waals surface area contributed by atoms with Crippen molar-refractivity contribution in [2.75, 3.05) is 13.1 Å². The first-order chi connectivity index (χ1) is 7.99. The van der Waals surface area contributed by atoms with Crippen LogP contribution in [-0.4, -0.2) is 29.9 Å². The Bertz CT molecular complexity index is 440. The normalized spacial score (nSPS) is 24.1. The van der Waals surface area contributed by atoms with Gasteiger partial charge in [0.1, 0.15) is 11.6 Å². The van der Waals surface area contributed by atoms with Gasteiger partial charge in [0.2, 0.25) is 0 Å². The molecule has 1 aliphatic heterocycles. The Kier molecular flexibility index (Phi) is 3.11. The van der Waals surface area contributed by atoms with E-state index >= 15 is 0 Å². The maximum absolute atomic E-state index is 13.4. The maximum Gasteiger partial charge on any atom is 0.256 e. The molecule has 1 aromatic carbocycles. The summed E-state index contributed by atoms with van der Waals surface area (Å²) in [7, 11) is 0. The molecule has 1 saturated heterocycles. The molecule has 17 heavy (non-hydrogen) atoms. The van der Waals surface area contributed by atoms with Crippen LogP contribution in [0.15, 0.2) is 18.2 Å². The number of rotatable bonds is 1. The number of likely N-dealkylation sites (tertiary alicyclic amines) is 1. The van der Waals surface area contributed by atoms with E-state index in [1.54, 1.807) is 0 Å². The number of benzene rings is 1. The summed E-state index contributed by atoms with van der Waals surface area (Å²) in [6.45, 7) is 2.87. The van der Waals surface area contributed by atoms with Crippen molar-refractivity contribution in [1.82, 2.24) is 4.90 Å². The van der Waals surface area contributed by atoms with Crippen molar-refractivity contribution in [3.05, 3.63) is 35.4 Å². The van der Waals surface area contributed by atoms with Crippen LogP contribution in [0.3, 0.4) is 0 Å². The lowest BCUT2D eigenvalue weighted by molar-refractivity contribution is 0.0782. The molecule has 3 nitrogen and oxygen atoms in total. The second-order valence-electron chi connectivity index (χ2n) is 4.48. The van der Waals surface area contributed by atoms with Crippen LogP contribution in [0.1, 0.15) is 17.3 Å². The molecule has 2 atom stereocenters. The molecule has 0 aromatic heterocycles. The SMILES string of the molecule is CC1CN(C(=O)c2ccc(F)cc2F)CC1N. The smallest absolute Gasteiger partial charge is 0.256 e. The molecular weight excluding hydrogens is 226 g/mol. The number of carbonyl (C=O) groups excluding carboxylic acids is 1. The van der Waals surface area contributed by atoms with Crippen LogP contribution in [0, 0.1) is 17.6 Å². The number of hydrogen-bond donors (Lipinski definition) is 1. The van der Waals surface area contributed by atoms with Gasteiger partial charge in [-0.3, -0.25) is 4.79 Å². The van der Waals surface area contributed by atoms with Gasteiger partial charge in [0.05, 0.1) is 5.56 Å². The molecule has 0 spiro atoms. The molecule has 5 heteroatoms. The monoisotopic (exact) mass is 240 g/mol. The topological polar surface area (TPSA) is 46.3 Å². The van der Waals surface area contributed by atoms with E-state index in [-0.39, 0.29) is 17.5 Å². The van der Waals surface area contributed by atoms with Gasteiger partial charge in [-0.05, 0) is 18.1 Å². The first kappa shape index (κ1) is 12.0. The molecule has 0 saturated carbocycles. The number of nitrogens with two attached hydrogens (primary N) is 1. The molecular formula is C12H14F2N2O. The minimum absolute atomic E-state index is 0.0811. The van der Waals surface area contributed by atoms with Gasteiger partial charge in [-0.1, -0.05) is 6.92 Å². The van der Waals surface area contributed by atoms with E-state index in [1.165, 1.54) is 11.0 Å². The Morgan fingerprint density at radius 3 is 2.65 bits per heavy atom. The molecule has 1 heterocycles. The summed E-state index contributed by atoms with van der Waals surface area (Å²) in [4.78, 5) is 13.5. The van der Waals surface area contributed by atoms with Crippen molar-refractivity contribution >= 4 is 5.91 Å². The van der Waals surface area contributed by atoms with Crippen LogP contribution in [0.25, 0.3) is 0 Å². The molecule has 1 aromatic rings. The third-order valence-electron chi connectivity index (χ3n) is 3.12. The summed E-state index contributed by atoms with van der Waals surface area (Å²) in [5.41, 5.74) is 5.70. The second kappa shape index (κ2) is 4.41. The summed E-state index contributed by atoms with van der Waals surface area (Å²) < 4.78 is 26.2. The van der Waals surface area contributed by atoms with Crippen LogP contribution in [-0.2, 0) is 0 Å². The van der Waals surface area contributed by atoms with E-state index in [0.717, 1.165) is 6.07 Å². The van der Waals surface area contributed by atoms with Crippen LogP contribution >= 0.6 is 0 Å². The van der Waals surface area contributed by atoms with Crippen LogP contribution in [0.2, 0.25) is 0 Å². The zero-order valence-electron chi connectivity index (χ0n) is 9.49. The molecule has 2 unspecified atom stereocenters. The molecule has 2 N–H and O–H groups in total. The lowest BCUT2D eigenvalue weighted by atomic mass is 10.1. The van der Waals surface area contributed by atoms with Crippen molar-refractivity contribution in [2.24, 2.45) is 11.7 Å². The lowest BCUT2D eigenvalue weighted by Crippen LogP contribution is -2.32. The largest absolute Gasteiger partial charge is 0.337 e. The highest BCUT2D eigenvalue weighted by Crippen LogP contribution is 2.19. The van der Waals surface area contributed by atoms with E-state index in [9.17, 15) is 13.6 Å². The summed E-state index contributed by atoms with van der Waals surface area (Å²) in [5, 5.41) is 0. The van der Waals surface area contributed by atoms with Crippen molar-refractivity contribution in [2.45, 2.75) is 13.0 Å². The average Bonchev–Trinajstić information content (AvgIpc) is 2.58. The summed E-state index contributed by atoms with van der Waals surface area (Å²) >= 11 is 0. The summed E-state index contributed by atoms with van der Waals surface area (Å²) in [6.07, 6.45) is 0. The molecule has 1 fully saturated rings. The predicted molar refractivity (Wildman–Crippen MR) is 59.4 cm³/mol. The molecule has 1 amide bonds. The first-order valence-electron chi connectivity index (χ1n) is 5.49. The van der Waals surface area contributed by atoms with Crippen molar-refractivity contribution in [3.63, 3.8) is 0 Å². The van der Waals surface area contributed by atoms with Gasteiger partial charge in [-0.25, -0.2) is 8.78 Å². The minimum Gasteiger partial charge on any atom is -0.337 e. The van der Waals surface area contributed by atoms with Gasteiger partial charge in [0.25, 0.3) is 5.91 Å². The fourth-order valence-electron chi connectivity index (χ4n) is 1.99. The Balaban J connectivity index is 2.20. The predicted octanol–water partition coefficient (Wildman–Crippen LogP) is 1.38. The molecule has 92 valence electrons. The lowest BCUT2D eigenvalue weighted by Gasteiger charge is -2.16. The zero-order valence-corrected chi connectivity index (χ0v) is 9.49. The second-order valence-corrected chi connectivity index (χ2v) is 4.48. The van der Waals surface area contributed by atoms with Gasteiger partial charge in [-0.15, -0.1) is 0 Å².